The molecule has 25 heavy (non-hydrogen) atoms. The second kappa shape index (κ2) is 7.82. The molecular weight excluding hydrogens is 314 g/mol. The standard InChI is InChI=1S/C20H21N3O2/c1-16-13-17(14-21)7-8-19(16)22-9-11-23(12-10-22)20(25-15-24)18-5-3-2-4-6-18/h2-8,13,15,20H,9-12H2,1H3. The fourth-order valence-electron chi connectivity index (χ4n) is 3.32. The molecule has 0 saturated carbocycles. The van der Waals surface area contributed by atoms with Gasteiger partial charge in [-0.25, -0.2) is 0 Å². The van der Waals surface area contributed by atoms with E-state index in [9.17, 15) is 4.79 Å². The number of nitriles is 1. The van der Waals surface area contributed by atoms with Crippen LogP contribution in [0.15, 0.2) is 48.5 Å². The van der Waals surface area contributed by atoms with Gasteiger partial charge in [-0.1, -0.05) is 30.3 Å². The quantitative estimate of drug-likeness (QED) is 0.787. The Morgan fingerprint density at radius 2 is 1.84 bits per heavy atom. The first-order chi connectivity index (χ1) is 12.2. The van der Waals surface area contributed by atoms with Gasteiger partial charge in [0.15, 0.2) is 6.23 Å². The van der Waals surface area contributed by atoms with Crippen molar-refractivity contribution in [1.29, 1.82) is 5.26 Å². The highest BCUT2D eigenvalue weighted by Gasteiger charge is 2.26. The predicted octanol–water partition coefficient (Wildman–Crippen LogP) is 2.86. The zero-order valence-corrected chi connectivity index (χ0v) is 14.3. The third-order valence-electron chi connectivity index (χ3n) is 4.58. The van der Waals surface area contributed by atoms with Crippen molar-refractivity contribution in [3.63, 3.8) is 0 Å². The Bertz CT molecular complexity index is 762. The van der Waals surface area contributed by atoms with E-state index in [1.54, 1.807) is 0 Å². The monoisotopic (exact) mass is 335 g/mol. The van der Waals surface area contributed by atoms with Gasteiger partial charge in [0, 0.05) is 37.4 Å². The van der Waals surface area contributed by atoms with E-state index >= 15 is 0 Å². The minimum atomic E-state index is -0.345. The van der Waals surface area contributed by atoms with Crippen molar-refractivity contribution >= 4 is 12.2 Å². The Labute approximate surface area is 148 Å². The van der Waals surface area contributed by atoms with Crippen molar-refractivity contribution in [1.82, 2.24) is 4.90 Å². The number of nitrogens with zero attached hydrogens (tertiary/aromatic N) is 3. The van der Waals surface area contributed by atoms with Crippen molar-refractivity contribution in [2.75, 3.05) is 31.1 Å². The molecule has 5 nitrogen and oxygen atoms in total. The van der Waals surface area contributed by atoms with Crippen LogP contribution in [0.25, 0.3) is 0 Å². The van der Waals surface area contributed by atoms with Gasteiger partial charge < -0.3 is 9.64 Å². The van der Waals surface area contributed by atoms with Gasteiger partial charge in [-0.2, -0.15) is 5.26 Å². The van der Waals surface area contributed by atoms with Crippen molar-refractivity contribution in [2.45, 2.75) is 13.2 Å². The highest BCUT2D eigenvalue weighted by molar-refractivity contribution is 5.56. The van der Waals surface area contributed by atoms with Crippen LogP contribution < -0.4 is 4.90 Å². The van der Waals surface area contributed by atoms with E-state index in [1.165, 1.54) is 0 Å². The maximum absolute atomic E-state index is 10.9. The summed E-state index contributed by atoms with van der Waals surface area (Å²) < 4.78 is 5.35. The third-order valence-corrected chi connectivity index (χ3v) is 4.58. The minimum Gasteiger partial charge on any atom is -0.444 e. The largest absolute Gasteiger partial charge is 0.444 e. The van der Waals surface area contributed by atoms with Gasteiger partial charge in [0.2, 0.25) is 0 Å². The van der Waals surface area contributed by atoms with Crippen molar-refractivity contribution in [3.05, 3.63) is 65.2 Å². The molecule has 0 radical (unpaired) electrons. The molecule has 1 fully saturated rings. The van der Waals surface area contributed by atoms with E-state index < -0.39 is 0 Å². The maximum Gasteiger partial charge on any atom is 0.294 e. The summed E-state index contributed by atoms with van der Waals surface area (Å²) in [4.78, 5) is 15.4. The molecule has 0 amide bonds. The molecule has 5 heteroatoms. The van der Waals surface area contributed by atoms with E-state index in [-0.39, 0.29) is 6.23 Å². The lowest BCUT2D eigenvalue weighted by atomic mass is 10.1. The Hall–Kier alpha value is -2.84. The van der Waals surface area contributed by atoms with E-state index in [0.29, 0.717) is 12.0 Å². The minimum absolute atomic E-state index is 0.345. The predicted molar refractivity (Wildman–Crippen MR) is 96.0 cm³/mol. The second-order valence-corrected chi connectivity index (χ2v) is 6.13. The van der Waals surface area contributed by atoms with Crippen LogP contribution in [0.5, 0.6) is 0 Å². The van der Waals surface area contributed by atoms with Gasteiger partial charge in [-0.05, 0) is 30.7 Å². The summed E-state index contributed by atoms with van der Waals surface area (Å²) in [6.45, 7) is 5.84. The summed E-state index contributed by atoms with van der Waals surface area (Å²) in [6.07, 6.45) is -0.345. The summed E-state index contributed by atoms with van der Waals surface area (Å²) in [5.74, 6) is 0. The molecule has 128 valence electrons. The molecule has 3 rings (SSSR count). The zero-order valence-electron chi connectivity index (χ0n) is 14.3. The van der Waals surface area contributed by atoms with Crippen LogP contribution >= 0.6 is 0 Å². The van der Waals surface area contributed by atoms with E-state index in [1.807, 2.05) is 55.5 Å². The smallest absolute Gasteiger partial charge is 0.294 e. The first-order valence-electron chi connectivity index (χ1n) is 8.36. The Kier molecular flexibility index (Phi) is 5.32. The lowest BCUT2D eigenvalue weighted by molar-refractivity contribution is -0.144. The zero-order chi connectivity index (χ0) is 17.6. The highest BCUT2D eigenvalue weighted by atomic mass is 16.5. The molecule has 0 aliphatic carbocycles. The van der Waals surface area contributed by atoms with Gasteiger partial charge in [0.05, 0.1) is 11.6 Å². The van der Waals surface area contributed by atoms with E-state index in [4.69, 9.17) is 10.00 Å². The normalized spacial score (nSPS) is 16.1. The number of rotatable bonds is 5. The van der Waals surface area contributed by atoms with Crippen molar-refractivity contribution in [2.24, 2.45) is 0 Å². The van der Waals surface area contributed by atoms with Crippen molar-refractivity contribution < 1.29 is 9.53 Å². The van der Waals surface area contributed by atoms with Crippen LogP contribution in [-0.4, -0.2) is 37.6 Å². The van der Waals surface area contributed by atoms with Gasteiger partial charge >= 0.3 is 0 Å². The summed E-state index contributed by atoms with van der Waals surface area (Å²) in [5.41, 5.74) is 3.93. The molecule has 1 saturated heterocycles. The topological polar surface area (TPSA) is 56.6 Å². The molecule has 0 aromatic heterocycles. The van der Waals surface area contributed by atoms with Crippen LogP contribution in [0.4, 0.5) is 5.69 Å². The molecule has 0 N–H and O–H groups in total. The first-order valence-corrected chi connectivity index (χ1v) is 8.36. The average molecular weight is 335 g/mol. The van der Waals surface area contributed by atoms with Crippen LogP contribution in [0.2, 0.25) is 0 Å². The summed E-state index contributed by atoms with van der Waals surface area (Å²) >= 11 is 0. The molecule has 1 atom stereocenters. The molecule has 1 aliphatic rings. The summed E-state index contributed by atoms with van der Waals surface area (Å²) in [7, 11) is 0. The summed E-state index contributed by atoms with van der Waals surface area (Å²) in [5, 5.41) is 9.01. The molecule has 2 aromatic carbocycles. The first kappa shape index (κ1) is 17.0. The fourth-order valence-corrected chi connectivity index (χ4v) is 3.32. The number of hydrogen-bond donors (Lipinski definition) is 0. The van der Waals surface area contributed by atoms with Crippen LogP contribution in [0, 0.1) is 18.3 Å². The SMILES string of the molecule is Cc1cc(C#N)ccc1N1CCN(C(OC=O)c2ccccc2)CC1. The van der Waals surface area contributed by atoms with E-state index in [0.717, 1.165) is 43.0 Å². The average Bonchev–Trinajstić information content (AvgIpc) is 2.67. The van der Waals surface area contributed by atoms with Crippen LogP contribution in [0.3, 0.4) is 0 Å². The number of piperazine rings is 1. The summed E-state index contributed by atoms with van der Waals surface area (Å²) in [6, 6.07) is 17.8. The molecule has 0 spiro atoms. The number of aryl methyl sites for hydroxylation is 1. The second-order valence-electron chi connectivity index (χ2n) is 6.13. The Morgan fingerprint density at radius 3 is 2.44 bits per heavy atom. The molecule has 1 aliphatic heterocycles. The van der Waals surface area contributed by atoms with Gasteiger partial charge in [-0.15, -0.1) is 0 Å². The molecule has 1 heterocycles. The van der Waals surface area contributed by atoms with Crippen LogP contribution in [-0.2, 0) is 9.53 Å². The number of carbonyl (C=O) groups excluding carboxylic acids is 1. The number of anilines is 1. The van der Waals surface area contributed by atoms with Crippen molar-refractivity contribution in [3.8, 4) is 6.07 Å². The lowest BCUT2D eigenvalue weighted by Crippen LogP contribution is -2.48. The Morgan fingerprint density at radius 1 is 1.12 bits per heavy atom. The van der Waals surface area contributed by atoms with Crippen LogP contribution in [0.1, 0.15) is 22.9 Å². The Balaban J connectivity index is 1.70. The highest BCUT2D eigenvalue weighted by Crippen LogP contribution is 2.26. The maximum atomic E-state index is 10.9. The van der Waals surface area contributed by atoms with Gasteiger partial charge in [-0.3, -0.25) is 9.69 Å². The molecule has 2 aromatic rings. The van der Waals surface area contributed by atoms with Gasteiger partial charge in [0.25, 0.3) is 6.47 Å². The number of carbonyl (C=O) groups is 1. The number of hydrogen-bond acceptors (Lipinski definition) is 5. The fraction of sp³-hybridized carbons (Fsp3) is 0.300. The lowest BCUT2D eigenvalue weighted by Gasteiger charge is -2.39. The molecular formula is C20H21N3O2. The number of benzene rings is 2. The van der Waals surface area contributed by atoms with Gasteiger partial charge in [0.1, 0.15) is 0 Å². The third kappa shape index (κ3) is 3.81. The molecule has 0 bridgehead atoms. The molecule has 1 unspecified atom stereocenters. The van der Waals surface area contributed by atoms with E-state index in [2.05, 4.69) is 15.9 Å². The number of ether oxygens (including phenoxy) is 1.